The number of aryl methyl sites for hydroxylation is 2. The van der Waals surface area contributed by atoms with Gasteiger partial charge in [0.25, 0.3) is 0 Å². The normalized spacial score (nSPS) is 16.4. The number of methoxy groups -OCH3 is 3. The minimum atomic E-state index is -0.155. The minimum absolute atomic E-state index is 0.0488. The molecule has 1 aliphatic rings. The van der Waals surface area contributed by atoms with Crippen molar-refractivity contribution in [3.05, 3.63) is 29.0 Å². The summed E-state index contributed by atoms with van der Waals surface area (Å²) < 4.78 is 18.1. The standard InChI is InChI=1S/C17H21N3O4/c1-9-14-11(8-13(21)18-17(14)20(2)19-9)10-6-7-12(22-3)16(24-5)15(10)23-4/h6-7,11H,8H2,1-5H3,(H,18,21)/t11-/m0/s1. The summed E-state index contributed by atoms with van der Waals surface area (Å²) in [6.07, 6.45) is 0.325. The number of carbonyl (C=O) groups excluding carboxylic acids is 1. The molecule has 0 aliphatic carbocycles. The third-order valence-corrected chi connectivity index (χ3v) is 4.37. The number of anilines is 1. The van der Waals surface area contributed by atoms with Crippen LogP contribution in [0, 0.1) is 6.92 Å². The Hall–Kier alpha value is -2.70. The van der Waals surface area contributed by atoms with Crippen LogP contribution < -0.4 is 19.5 Å². The SMILES string of the molecule is COc1ccc([C@@H]2CC(=O)Nc3c2c(C)nn3C)c(OC)c1OC. The van der Waals surface area contributed by atoms with Gasteiger partial charge in [0.15, 0.2) is 11.5 Å². The van der Waals surface area contributed by atoms with Crippen LogP contribution in [-0.2, 0) is 11.8 Å². The highest BCUT2D eigenvalue weighted by atomic mass is 16.5. The molecule has 0 bridgehead atoms. The van der Waals surface area contributed by atoms with E-state index in [1.54, 1.807) is 26.0 Å². The third-order valence-electron chi connectivity index (χ3n) is 4.37. The molecule has 7 nitrogen and oxygen atoms in total. The highest BCUT2D eigenvalue weighted by Gasteiger charge is 2.34. The van der Waals surface area contributed by atoms with E-state index in [0.717, 1.165) is 22.6 Å². The molecule has 2 aromatic rings. The molecule has 0 spiro atoms. The van der Waals surface area contributed by atoms with Crippen LogP contribution in [0.1, 0.15) is 29.2 Å². The van der Waals surface area contributed by atoms with Crippen molar-refractivity contribution in [3.63, 3.8) is 0 Å². The predicted octanol–water partition coefficient (Wildman–Crippen LogP) is 2.23. The molecule has 0 saturated carbocycles. The van der Waals surface area contributed by atoms with Gasteiger partial charge in [-0.1, -0.05) is 6.07 Å². The first-order chi connectivity index (χ1) is 11.5. The molecule has 1 atom stereocenters. The van der Waals surface area contributed by atoms with Gasteiger partial charge in [0.2, 0.25) is 11.7 Å². The summed E-state index contributed by atoms with van der Waals surface area (Å²) in [5.41, 5.74) is 2.76. The van der Waals surface area contributed by atoms with Gasteiger partial charge in [-0.25, -0.2) is 0 Å². The number of fused-ring (bicyclic) bond motifs is 1. The highest BCUT2D eigenvalue weighted by molar-refractivity contribution is 5.94. The number of aromatic nitrogens is 2. The summed E-state index contributed by atoms with van der Waals surface area (Å²) in [7, 11) is 6.55. The molecule has 1 amide bonds. The van der Waals surface area contributed by atoms with Gasteiger partial charge < -0.3 is 19.5 Å². The Morgan fingerprint density at radius 2 is 1.88 bits per heavy atom. The van der Waals surface area contributed by atoms with E-state index in [1.165, 1.54) is 0 Å². The lowest BCUT2D eigenvalue weighted by Gasteiger charge is -2.26. The number of benzene rings is 1. The fourth-order valence-corrected chi connectivity index (χ4v) is 3.37. The molecule has 128 valence electrons. The van der Waals surface area contributed by atoms with Gasteiger partial charge in [0.05, 0.1) is 27.0 Å². The van der Waals surface area contributed by atoms with Gasteiger partial charge in [-0.2, -0.15) is 5.10 Å². The Bertz CT molecular complexity index is 798. The zero-order valence-corrected chi connectivity index (χ0v) is 14.5. The Labute approximate surface area is 140 Å². The molecule has 0 radical (unpaired) electrons. The Balaban J connectivity index is 2.22. The summed E-state index contributed by atoms with van der Waals surface area (Å²) in [4.78, 5) is 12.2. The quantitative estimate of drug-likeness (QED) is 0.930. The largest absolute Gasteiger partial charge is 0.493 e. The summed E-state index contributed by atoms with van der Waals surface area (Å²) in [5, 5.41) is 7.34. The molecule has 0 fully saturated rings. The first-order valence-corrected chi connectivity index (χ1v) is 7.64. The number of amides is 1. The highest BCUT2D eigenvalue weighted by Crippen LogP contribution is 2.48. The van der Waals surface area contributed by atoms with E-state index in [0.29, 0.717) is 23.7 Å². The van der Waals surface area contributed by atoms with Crippen molar-refractivity contribution in [2.24, 2.45) is 7.05 Å². The summed E-state index contributed by atoms with van der Waals surface area (Å²) in [5.74, 6) is 2.20. The second-order valence-electron chi connectivity index (χ2n) is 5.70. The van der Waals surface area contributed by atoms with Gasteiger partial charge >= 0.3 is 0 Å². The zero-order valence-electron chi connectivity index (χ0n) is 14.5. The van der Waals surface area contributed by atoms with E-state index < -0.39 is 0 Å². The van der Waals surface area contributed by atoms with E-state index in [4.69, 9.17) is 14.2 Å². The molecular weight excluding hydrogens is 310 g/mol. The molecule has 0 saturated heterocycles. The summed E-state index contributed by atoms with van der Waals surface area (Å²) in [6.45, 7) is 1.94. The van der Waals surface area contributed by atoms with E-state index in [1.807, 2.05) is 26.1 Å². The van der Waals surface area contributed by atoms with E-state index in [-0.39, 0.29) is 11.8 Å². The molecule has 1 N–H and O–H groups in total. The van der Waals surface area contributed by atoms with Crippen molar-refractivity contribution in [3.8, 4) is 17.2 Å². The van der Waals surface area contributed by atoms with Crippen LogP contribution in [0.25, 0.3) is 0 Å². The topological polar surface area (TPSA) is 74.6 Å². The maximum atomic E-state index is 12.2. The number of carbonyl (C=O) groups is 1. The first kappa shape index (κ1) is 16.2. The lowest BCUT2D eigenvalue weighted by Crippen LogP contribution is -2.25. The lowest BCUT2D eigenvalue weighted by atomic mass is 9.85. The molecule has 24 heavy (non-hydrogen) atoms. The van der Waals surface area contributed by atoms with Gasteiger partial charge in [0.1, 0.15) is 5.82 Å². The number of hydrogen-bond donors (Lipinski definition) is 1. The molecule has 7 heteroatoms. The van der Waals surface area contributed by atoms with Crippen LogP contribution in [-0.4, -0.2) is 37.0 Å². The van der Waals surface area contributed by atoms with Crippen LogP contribution in [0.3, 0.4) is 0 Å². The van der Waals surface area contributed by atoms with Gasteiger partial charge in [-0.05, 0) is 13.0 Å². The molecule has 1 aliphatic heterocycles. The molecule has 1 aromatic heterocycles. The van der Waals surface area contributed by atoms with Crippen LogP contribution in [0.5, 0.6) is 17.2 Å². The van der Waals surface area contributed by atoms with Crippen molar-refractivity contribution >= 4 is 11.7 Å². The number of rotatable bonds is 4. The molecule has 0 unspecified atom stereocenters. The number of nitrogens with one attached hydrogen (secondary N) is 1. The Morgan fingerprint density at radius 1 is 1.17 bits per heavy atom. The van der Waals surface area contributed by atoms with Gasteiger partial charge in [-0.15, -0.1) is 0 Å². The summed E-state index contributed by atoms with van der Waals surface area (Å²) >= 11 is 0. The van der Waals surface area contributed by atoms with E-state index in [2.05, 4.69) is 10.4 Å². The molecular formula is C17H21N3O4. The number of hydrogen-bond acceptors (Lipinski definition) is 5. The summed E-state index contributed by atoms with van der Waals surface area (Å²) in [6, 6.07) is 3.74. The molecule has 1 aromatic carbocycles. The van der Waals surface area contributed by atoms with Crippen molar-refractivity contribution in [1.82, 2.24) is 9.78 Å². The third kappa shape index (κ3) is 2.36. The van der Waals surface area contributed by atoms with Crippen LogP contribution >= 0.6 is 0 Å². The van der Waals surface area contributed by atoms with Crippen molar-refractivity contribution < 1.29 is 19.0 Å². The maximum absolute atomic E-state index is 12.2. The van der Waals surface area contributed by atoms with Gasteiger partial charge in [0, 0.05) is 30.5 Å². The number of nitrogens with zero attached hydrogens (tertiary/aromatic N) is 2. The second-order valence-corrected chi connectivity index (χ2v) is 5.70. The smallest absolute Gasteiger partial charge is 0.226 e. The van der Waals surface area contributed by atoms with Crippen molar-refractivity contribution in [2.45, 2.75) is 19.3 Å². The Morgan fingerprint density at radius 3 is 2.50 bits per heavy atom. The predicted molar refractivity (Wildman–Crippen MR) is 89.1 cm³/mol. The number of ether oxygens (including phenoxy) is 3. The molecule has 3 rings (SSSR count). The monoisotopic (exact) mass is 331 g/mol. The average Bonchev–Trinajstić information content (AvgIpc) is 2.86. The average molecular weight is 331 g/mol. The Kier molecular flexibility index (Phi) is 4.09. The van der Waals surface area contributed by atoms with Crippen LogP contribution in [0.4, 0.5) is 5.82 Å². The van der Waals surface area contributed by atoms with Crippen LogP contribution in [0.2, 0.25) is 0 Å². The van der Waals surface area contributed by atoms with E-state index >= 15 is 0 Å². The fraction of sp³-hybridized carbons (Fsp3) is 0.412. The van der Waals surface area contributed by atoms with E-state index in [9.17, 15) is 4.79 Å². The second kappa shape index (κ2) is 6.07. The van der Waals surface area contributed by atoms with Crippen molar-refractivity contribution in [1.29, 1.82) is 0 Å². The zero-order chi connectivity index (χ0) is 17.4. The lowest BCUT2D eigenvalue weighted by molar-refractivity contribution is -0.116. The van der Waals surface area contributed by atoms with Gasteiger partial charge in [-0.3, -0.25) is 9.48 Å². The van der Waals surface area contributed by atoms with Crippen molar-refractivity contribution in [2.75, 3.05) is 26.6 Å². The fourth-order valence-electron chi connectivity index (χ4n) is 3.37. The maximum Gasteiger partial charge on any atom is 0.226 e. The minimum Gasteiger partial charge on any atom is -0.493 e. The van der Waals surface area contributed by atoms with Crippen LogP contribution in [0.15, 0.2) is 12.1 Å². The molecule has 2 heterocycles. The first-order valence-electron chi connectivity index (χ1n) is 7.64.